The van der Waals surface area contributed by atoms with Crippen LogP contribution in [0.15, 0.2) is 29.8 Å². The molecule has 0 saturated heterocycles. The molecule has 0 spiro atoms. The van der Waals surface area contributed by atoms with Gasteiger partial charge in [0.1, 0.15) is 0 Å². The molecule has 0 aromatic heterocycles. The predicted molar refractivity (Wildman–Crippen MR) is 57.5 cm³/mol. The Hall–Kier alpha value is -1.61. The molecule has 0 fully saturated rings. The zero-order valence-corrected chi connectivity index (χ0v) is 8.08. The van der Waals surface area contributed by atoms with Gasteiger partial charge in [-0.05, 0) is 18.9 Å². The zero-order valence-electron chi connectivity index (χ0n) is 7.33. The molecule has 1 N–H and O–H groups in total. The topological polar surface area (TPSA) is 49.7 Å². The summed E-state index contributed by atoms with van der Waals surface area (Å²) in [5.74, 6) is -1.01. The summed E-state index contributed by atoms with van der Waals surface area (Å²) in [5.41, 5.74) is 1.16. The van der Waals surface area contributed by atoms with Crippen LogP contribution in [0.2, 0.25) is 0 Å². The average molecular weight is 210 g/mol. The van der Waals surface area contributed by atoms with E-state index in [-0.39, 0.29) is 5.56 Å². The van der Waals surface area contributed by atoms with Gasteiger partial charge in [0.15, 0.2) is 0 Å². The summed E-state index contributed by atoms with van der Waals surface area (Å²) in [4.78, 5) is 14.3. The molecule has 3 nitrogen and oxygen atoms in total. The van der Waals surface area contributed by atoms with Crippen LogP contribution in [0.4, 0.5) is 5.69 Å². The standard InChI is InChI=1S/C10H8ClNO2/c1-6(11)8-4-3-7(10(13)14)5-9(8)12-2/h3-5H,1-2H2,(H,13,14). The van der Waals surface area contributed by atoms with E-state index >= 15 is 0 Å². The molecule has 0 saturated carbocycles. The van der Waals surface area contributed by atoms with Crippen LogP contribution in [-0.2, 0) is 0 Å². The van der Waals surface area contributed by atoms with E-state index in [0.717, 1.165) is 0 Å². The van der Waals surface area contributed by atoms with Crippen molar-refractivity contribution in [3.05, 3.63) is 35.9 Å². The fraction of sp³-hybridized carbons (Fsp3) is 0. The SMILES string of the molecule is C=Nc1cc(C(=O)O)ccc1C(=C)Cl. The molecule has 1 aromatic rings. The van der Waals surface area contributed by atoms with Crippen molar-refractivity contribution in [1.82, 2.24) is 0 Å². The van der Waals surface area contributed by atoms with Crippen LogP contribution >= 0.6 is 11.6 Å². The van der Waals surface area contributed by atoms with Crippen LogP contribution in [0.5, 0.6) is 0 Å². The molecule has 0 bridgehead atoms. The minimum atomic E-state index is -1.01. The third-order valence-electron chi connectivity index (χ3n) is 1.71. The fourth-order valence-corrected chi connectivity index (χ4v) is 1.18. The van der Waals surface area contributed by atoms with E-state index in [0.29, 0.717) is 16.3 Å². The lowest BCUT2D eigenvalue weighted by molar-refractivity contribution is 0.0697. The highest BCUT2D eigenvalue weighted by Crippen LogP contribution is 2.28. The average Bonchev–Trinajstić information content (AvgIpc) is 2.16. The number of hydrogen-bond acceptors (Lipinski definition) is 2. The summed E-state index contributed by atoms with van der Waals surface area (Å²) in [6.07, 6.45) is 0. The normalized spacial score (nSPS) is 9.50. The van der Waals surface area contributed by atoms with Crippen molar-refractivity contribution in [1.29, 1.82) is 0 Å². The molecule has 0 aliphatic rings. The Kier molecular flexibility index (Phi) is 3.04. The number of aromatic carboxylic acids is 1. The zero-order chi connectivity index (χ0) is 10.7. The maximum absolute atomic E-state index is 10.6. The van der Waals surface area contributed by atoms with Gasteiger partial charge in [0.2, 0.25) is 0 Å². The number of carboxylic acids is 1. The van der Waals surface area contributed by atoms with Gasteiger partial charge in [0, 0.05) is 10.6 Å². The predicted octanol–water partition coefficient (Wildman–Crippen LogP) is 2.93. The summed E-state index contributed by atoms with van der Waals surface area (Å²) < 4.78 is 0. The van der Waals surface area contributed by atoms with Gasteiger partial charge in [-0.3, -0.25) is 4.99 Å². The van der Waals surface area contributed by atoms with Gasteiger partial charge in [-0.25, -0.2) is 4.79 Å². The van der Waals surface area contributed by atoms with Crippen LogP contribution in [0, 0.1) is 0 Å². The molecule has 4 heteroatoms. The summed E-state index contributed by atoms with van der Waals surface area (Å²) in [6, 6.07) is 4.40. The van der Waals surface area contributed by atoms with Crippen LogP contribution in [0.1, 0.15) is 15.9 Å². The Morgan fingerprint density at radius 2 is 2.14 bits per heavy atom. The van der Waals surface area contributed by atoms with Crippen molar-refractivity contribution in [2.24, 2.45) is 4.99 Å². The van der Waals surface area contributed by atoms with E-state index in [1.807, 2.05) is 0 Å². The second-order valence-corrected chi connectivity index (χ2v) is 3.06. The van der Waals surface area contributed by atoms with Crippen molar-refractivity contribution < 1.29 is 9.90 Å². The maximum Gasteiger partial charge on any atom is 0.335 e. The summed E-state index contributed by atoms with van der Waals surface area (Å²) >= 11 is 5.69. The molecule has 0 heterocycles. The molecular weight excluding hydrogens is 202 g/mol. The molecule has 72 valence electrons. The van der Waals surface area contributed by atoms with Gasteiger partial charge in [-0.1, -0.05) is 24.2 Å². The van der Waals surface area contributed by atoms with Gasteiger partial charge >= 0.3 is 5.97 Å². The molecule has 0 atom stereocenters. The number of hydrogen-bond donors (Lipinski definition) is 1. The lowest BCUT2D eigenvalue weighted by Crippen LogP contribution is -1.95. The minimum Gasteiger partial charge on any atom is -0.478 e. The number of aliphatic imine (C=N–C) groups is 1. The van der Waals surface area contributed by atoms with Crippen LogP contribution < -0.4 is 0 Å². The highest BCUT2D eigenvalue weighted by molar-refractivity contribution is 6.48. The third-order valence-corrected chi connectivity index (χ3v) is 1.91. The number of carbonyl (C=O) groups is 1. The first-order chi connectivity index (χ1) is 6.56. The summed E-state index contributed by atoms with van der Waals surface area (Å²) in [6.45, 7) is 6.87. The molecule has 1 rings (SSSR count). The minimum absolute atomic E-state index is 0.147. The van der Waals surface area contributed by atoms with Gasteiger partial charge in [-0.15, -0.1) is 0 Å². The van der Waals surface area contributed by atoms with E-state index in [1.54, 1.807) is 6.07 Å². The lowest BCUT2D eigenvalue weighted by Gasteiger charge is -2.03. The van der Waals surface area contributed by atoms with Crippen molar-refractivity contribution in [3.63, 3.8) is 0 Å². The van der Waals surface area contributed by atoms with Gasteiger partial charge < -0.3 is 5.11 Å². The quantitative estimate of drug-likeness (QED) is 0.779. The molecule has 0 aliphatic carbocycles. The monoisotopic (exact) mass is 209 g/mol. The first-order valence-corrected chi connectivity index (χ1v) is 4.13. The number of halogens is 1. The van der Waals surface area contributed by atoms with Crippen LogP contribution in [0.3, 0.4) is 0 Å². The Balaban J connectivity index is 3.32. The molecule has 14 heavy (non-hydrogen) atoms. The second kappa shape index (κ2) is 4.07. The Labute approximate surface area is 86.4 Å². The van der Waals surface area contributed by atoms with Crippen molar-refractivity contribution in [2.45, 2.75) is 0 Å². The van der Waals surface area contributed by atoms with Gasteiger partial charge in [0.05, 0.1) is 11.3 Å². The van der Waals surface area contributed by atoms with E-state index in [9.17, 15) is 4.79 Å². The van der Waals surface area contributed by atoms with E-state index in [1.165, 1.54) is 12.1 Å². The largest absolute Gasteiger partial charge is 0.478 e. The fourth-order valence-electron chi connectivity index (χ4n) is 1.02. The molecule has 0 radical (unpaired) electrons. The van der Waals surface area contributed by atoms with Crippen molar-refractivity contribution in [2.75, 3.05) is 0 Å². The molecule has 0 amide bonds. The summed E-state index contributed by atoms with van der Waals surface area (Å²) in [5, 5.41) is 9.03. The number of nitrogens with zero attached hydrogens (tertiary/aromatic N) is 1. The molecular formula is C10H8ClNO2. The van der Waals surface area contributed by atoms with Crippen molar-refractivity contribution >= 4 is 35.0 Å². The van der Waals surface area contributed by atoms with Crippen LogP contribution in [-0.4, -0.2) is 17.8 Å². The van der Waals surface area contributed by atoms with Gasteiger partial charge in [0.25, 0.3) is 0 Å². The van der Waals surface area contributed by atoms with Gasteiger partial charge in [-0.2, -0.15) is 0 Å². The van der Waals surface area contributed by atoms with E-state index < -0.39 is 5.97 Å². The highest BCUT2D eigenvalue weighted by Gasteiger charge is 2.08. The first kappa shape index (κ1) is 10.5. The Morgan fingerprint density at radius 3 is 2.57 bits per heavy atom. The molecule has 0 unspecified atom stereocenters. The van der Waals surface area contributed by atoms with E-state index in [2.05, 4.69) is 18.3 Å². The molecule has 1 aromatic carbocycles. The summed E-state index contributed by atoms with van der Waals surface area (Å²) in [7, 11) is 0. The Bertz CT molecular complexity index is 413. The van der Waals surface area contributed by atoms with Crippen LogP contribution in [0.25, 0.3) is 5.03 Å². The van der Waals surface area contributed by atoms with Crippen molar-refractivity contribution in [3.8, 4) is 0 Å². The first-order valence-electron chi connectivity index (χ1n) is 3.75. The smallest absolute Gasteiger partial charge is 0.335 e. The number of rotatable bonds is 3. The molecule has 0 aliphatic heterocycles. The number of benzene rings is 1. The third kappa shape index (κ3) is 2.00. The number of carboxylic acid groups (broad SMARTS) is 1. The highest BCUT2D eigenvalue weighted by atomic mass is 35.5. The second-order valence-electron chi connectivity index (χ2n) is 2.60. The Morgan fingerprint density at radius 1 is 1.50 bits per heavy atom. The maximum atomic E-state index is 10.6. The van der Waals surface area contributed by atoms with E-state index in [4.69, 9.17) is 16.7 Å². The lowest BCUT2D eigenvalue weighted by atomic mass is 10.1.